The molecular formula is C11H25N. The fourth-order valence-corrected chi connectivity index (χ4v) is 1.02. The van der Waals surface area contributed by atoms with Crippen LogP contribution >= 0.6 is 0 Å². The molecule has 0 aromatic rings. The second kappa shape index (κ2) is 4.86. The summed E-state index contributed by atoms with van der Waals surface area (Å²) in [6.07, 6.45) is 2.53. The van der Waals surface area contributed by atoms with E-state index < -0.39 is 0 Å². The Hall–Kier alpha value is -0.0400. The van der Waals surface area contributed by atoms with Crippen LogP contribution in [0.15, 0.2) is 0 Å². The molecule has 0 saturated carbocycles. The van der Waals surface area contributed by atoms with E-state index in [1.807, 2.05) is 0 Å². The maximum Gasteiger partial charge on any atom is 0.0147 e. The third kappa shape index (κ3) is 4.10. The van der Waals surface area contributed by atoms with E-state index in [4.69, 9.17) is 0 Å². The largest absolute Gasteiger partial charge is 0.301 e. The van der Waals surface area contributed by atoms with Gasteiger partial charge in [0.25, 0.3) is 0 Å². The number of hydrogen-bond acceptors (Lipinski definition) is 1. The molecule has 1 nitrogen and oxygen atoms in total. The van der Waals surface area contributed by atoms with E-state index in [1.54, 1.807) is 0 Å². The first-order valence-electron chi connectivity index (χ1n) is 5.11. The van der Waals surface area contributed by atoms with E-state index in [0.29, 0.717) is 5.54 Å². The van der Waals surface area contributed by atoms with Crippen LogP contribution < -0.4 is 0 Å². The van der Waals surface area contributed by atoms with Gasteiger partial charge in [0.15, 0.2) is 0 Å². The summed E-state index contributed by atoms with van der Waals surface area (Å²) in [5.41, 5.74) is 0.370. The summed E-state index contributed by atoms with van der Waals surface area (Å²) >= 11 is 0. The van der Waals surface area contributed by atoms with Gasteiger partial charge in [-0.15, -0.1) is 0 Å². The molecule has 74 valence electrons. The van der Waals surface area contributed by atoms with Crippen LogP contribution in [0.1, 0.15) is 47.5 Å². The molecule has 0 aromatic heterocycles. The van der Waals surface area contributed by atoms with E-state index >= 15 is 0 Å². The van der Waals surface area contributed by atoms with Gasteiger partial charge in [-0.2, -0.15) is 0 Å². The molecule has 0 spiro atoms. The van der Waals surface area contributed by atoms with Crippen molar-refractivity contribution in [3.63, 3.8) is 0 Å². The van der Waals surface area contributed by atoms with E-state index in [0.717, 1.165) is 5.92 Å². The normalized spacial score (nSPS) is 13.0. The van der Waals surface area contributed by atoms with E-state index in [1.165, 1.54) is 19.4 Å². The third-order valence-electron chi connectivity index (χ3n) is 2.94. The Kier molecular flexibility index (Phi) is 4.84. The van der Waals surface area contributed by atoms with E-state index in [9.17, 15) is 0 Å². The van der Waals surface area contributed by atoms with Crippen LogP contribution in [-0.4, -0.2) is 24.0 Å². The predicted molar refractivity (Wildman–Crippen MR) is 56.5 cm³/mol. The van der Waals surface area contributed by atoms with Gasteiger partial charge in [-0.25, -0.2) is 0 Å². The summed E-state index contributed by atoms with van der Waals surface area (Å²) < 4.78 is 0. The first kappa shape index (κ1) is 12.0. The summed E-state index contributed by atoms with van der Waals surface area (Å²) in [4.78, 5) is 2.47. The summed E-state index contributed by atoms with van der Waals surface area (Å²) in [6.45, 7) is 12.7. The molecule has 0 heterocycles. The Morgan fingerprint density at radius 1 is 1.25 bits per heavy atom. The minimum atomic E-state index is 0.370. The molecule has 12 heavy (non-hydrogen) atoms. The average molecular weight is 171 g/mol. The number of rotatable bonds is 5. The monoisotopic (exact) mass is 171 g/mol. The summed E-state index contributed by atoms with van der Waals surface area (Å²) in [5.74, 6) is 0.820. The zero-order chi connectivity index (χ0) is 9.78. The molecule has 0 aromatic carbocycles. The summed E-state index contributed by atoms with van der Waals surface area (Å²) in [7, 11) is 2.23. The zero-order valence-electron chi connectivity index (χ0n) is 9.65. The standard InChI is InChI=1S/C11H25N/c1-7-11(4,5)12(6)9-8-10(2)3/h10H,7-9H2,1-6H3. The highest BCUT2D eigenvalue weighted by Gasteiger charge is 2.20. The Labute approximate surface area is 78.1 Å². The Bertz CT molecular complexity index is 116. The maximum atomic E-state index is 2.47. The number of hydrogen-bond donors (Lipinski definition) is 0. The van der Waals surface area contributed by atoms with Crippen molar-refractivity contribution in [1.82, 2.24) is 4.90 Å². The van der Waals surface area contributed by atoms with Gasteiger partial charge >= 0.3 is 0 Å². The van der Waals surface area contributed by atoms with Gasteiger partial charge in [-0.05, 0) is 46.2 Å². The predicted octanol–water partition coefficient (Wildman–Crippen LogP) is 3.15. The lowest BCUT2D eigenvalue weighted by molar-refractivity contribution is 0.144. The van der Waals surface area contributed by atoms with Gasteiger partial charge in [0.1, 0.15) is 0 Å². The van der Waals surface area contributed by atoms with Crippen LogP contribution in [0.3, 0.4) is 0 Å². The van der Waals surface area contributed by atoms with Gasteiger partial charge in [0, 0.05) is 5.54 Å². The molecule has 0 saturated heterocycles. The van der Waals surface area contributed by atoms with Gasteiger partial charge < -0.3 is 4.90 Å². The lowest BCUT2D eigenvalue weighted by Crippen LogP contribution is -2.41. The average Bonchev–Trinajstić information content (AvgIpc) is 2.00. The summed E-state index contributed by atoms with van der Waals surface area (Å²) in [5, 5.41) is 0. The Balaban J connectivity index is 3.78. The van der Waals surface area contributed by atoms with E-state index in [2.05, 4.69) is 46.6 Å². The molecular weight excluding hydrogens is 146 g/mol. The van der Waals surface area contributed by atoms with Crippen molar-refractivity contribution in [2.24, 2.45) is 5.92 Å². The second-order valence-corrected chi connectivity index (χ2v) is 4.77. The smallest absolute Gasteiger partial charge is 0.0147 e. The molecule has 0 aliphatic rings. The Morgan fingerprint density at radius 3 is 2.08 bits per heavy atom. The lowest BCUT2D eigenvalue weighted by atomic mass is 9.99. The molecule has 0 rings (SSSR count). The SMILES string of the molecule is CCC(C)(C)N(C)CCC(C)C. The summed E-state index contributed by atoms with van der Waals surface area (Å²) in [6, 6.07) is 0. The van der Waals surface area contributed by atoms with Gasteiger partial charge in [0.2, 0.25) is 0 Å². The van der Waals surface area contributed by atoms with Gasteiger partial charge in [0.05, 0.1) is 0 Å². The highest BCUT2D eigenvalue weighted by Crippen LogP contribution is 2.17. The molecule has 0 atom stereocenters. The van der Waals surface area contributed by atoms with Crippen molar-refractivity contribution in [2.45, 2.75) is 53.0 Å². The lowest BCUT2D eigenvalue weighted by Gasteiger charge is -2.35. The van der Waals surface area contributed by atoms with Gasteiger partial charge in [-0.3, -0.25) is 0 Å². The second-order valence-electron chi connectivity index (χ2n) is 4.77. The van der Waals surface area contributed by atoms with Crippen LogP contribution in [0.4, 0.5) is 0 Å². The molecule has 0 aliphatic carbocycles. The van der Waals surface area contributed by atoms with Crippen molar-refractivity contribution in [3.8, 4) is 0 Å². The molecule has 0 aliphatic heterocycles. The molecule has 0 radical (unpaired) electrons. The van der Waals surface area contributed by atoms with Crippen molar-refractivity contribution in [3.05, 3.63) is 0 Å². The fourth-order valence-electron chi connectivity index (χ4n) is 1.02. The van der Waals surface area contributed by atoms with Crippen LogP contribution in [0.2, 0.25) is 0 Å². The molecule has 0 unspecified atom stereocenters. The quantitative estimate of drug-likeness (QED) is 0.614. The van der Waals surface area contributed by atoms with Crippen molar-refractivity contribution >= 4 is 0 Å². The zero-order valence-corrected chi connectivity index (χ0v) is 9.65. The molecule has 1 heteroatoms. The Morgan fingerprint density at radius 2 is 1.75 bits per heavy atom. The molecule has 0 fully saturated rings. The molecule has 0 amide bonds. The van der Waals surface area contributed by atoms with Crippen molar-refractivity contribution < 1.29 is 0 Å². The van der Waals surface area contributed by atoms with Crippen molar-refractivity contribution in [2.75, 3.05) is 13.6 Å². The molecule has 0 bridgehead atoms. The van der Waals surface area contributed by atoms with Crippen LogP contribution in [0.25, 0.3) is 0 Å². The van der Waals surface area contributed by atoms with Crippen LogP contribution in [0.5, 0.6) is 0 Å². The van der Waals surface area contributed by atoms with E-state index in [-0.39, 0.29) is 0 Å². The molecule has 0 N–H and O–H groups in total. The maximum absolute atomic E-state index is 2.47. The topological polar surface area (TPSA) is 3.24 Å². The van der Waals surface area contributed by atoms with Crippen LogP contribution in [-0.2, 0) is 0 Å². The minimum Gasteiger partial charge on any atom is -0.301 e. The highest BCUT2D eigenvalue weighted by molar-refractivity contribution is 4.77. The van der Waals surface area contributed by atoms with Crippen LogP contribution in [0, 0.1) is 5.92 Å². The minimum absolute atomic E-state index is 0.370. The van der Waals surface area contributed by atoms with Gasteiger partial charge in [-0.1, -0.05) is 20.8 Å². The third-order valence-corrected chi connectivity index (χ3v) is 2.94. The first-order chi connectivity index (χ1) is 5.40. The number of nitrogens with zero attached hydrogens (tertiary/aromatic N) is 1. The highest BCUT2D eigenvalue weighted by atomic mass is 15.2. The van der Waals surface area contributed by atoms with Crippen molar-refractivity contribution in [1.29, 1.82) is 0 Å². The fraction of sp³-hybridized carbons (Fsp3) is 1.00. The first-order valence-corrected chi connectivity index (χ1v) is 5.11.